The molecule has 18 heavy (non-hydrogen) atoms. The van der Waals surface area contributed by atoms with Gasteiger partial charge in [-0.1, -0.05) is 12.1 Å². The van der Waals surface area contributed by atoms with Crippen LogP contribution in [0.3, 0.4) is 0 Å². The van der Waals surface area contributed by atoms with Gasteiger partial charge in [0.05, 0.1) is 0 Å². The molecule has 3 rings (SSSR count). The van der Waals surface area contributed by atoms with Gasteiger partial charge in [-0.3, -0.25) is 0 Å². The third-order valence-electron chi connectivity index (χ3n) is 3.71. The van der Waals surface area contributed by atoms with Crippen LogP contribution < -0.4 is 5.73 Å². The third kappa shape index (κ3) is 1.58. The van der Waals surface area contributed by atoms with Crippen molar-refractivity contribution in [1.29, 1.82) is 0 Å². The maximum absolute atomic E-state index is 14.7. The van der Waals surface area contributed by atoms with E-state index in [-0.39, 0.29) is 0 Å². The minimum absolute atomic E-state index is 0.384. The second kappa shape index (κ2) is 3.80. The summed E-state index contributed by atoms with van der Waals surface area (Å²) in [5.41, 5.74) is 6.94. The first-order chi connectivity index (χ1) is 8.63. The number of anilines is 1. The highest BCUT2D eigenvalue weighted by Crippen LogP contribution is 2.57. The van der Waals surface area contributed by atoms with Crippen molar-refractivity contribution in [1.82, 2.24) is 14.8 Å². The van der Waals surface area contributed by atoms with Crippen LogP contribution in [0.25, 0.3) is 0 Å². The Morgan fingerprint density at radius 1 is 1.44 bits per heavy atom. The fourth-order valence-corrected chi connectivity index (χ4v) is 2.44. The van der Waals surface area contributed by atoms with E-state index >= 15 is 0 Å². The lowest BCUT2D eigenvalue weighted by molar-refractivity contribution is 0.252. The smallest absolute Gasteiger partial charge is 0.169 e. The average Bonchev–Trinajstić information content (AvgIpc) is 3.06. The Labute approximate surface area is 105 Å². The molecular weight excluding hydrogens is 231 g/mol. The minimum Gasteiger partial charge on any atom is -0.399 e. The van der Waals surface area contributed by atoms with Gasteiger partial charge in [-0.05, 0) is 30.5 Å². The van der Waals surface area contributed by atoms with Crippen molar-refractivity contribution in [2.45, 2.75) is 24.4 Å². The molecule has 4 nitrogen and oxygen atoms in total. The van der Waals surface area contributed by atoms with Crippen LogP contribution in [0.15, 0.2) is 30.6 Å². The molecule has 1 fully saturated rings. The number of nitrogens with two attached hydrogens (primary N) is 1. The fraction of sp³-hybridized carbons (Fsp3) is 0.385. The maximum Gasteiger partial charge on any atom is 0.169 e. The van der Waals surface area contributed by atoms with E-state index in [2.05, 4.69) is 10.2 Å². The number of nitrogen functional groups attached to an aromatic ring is 1. The van der Waals surface area contributed by atoms with Crippen molar-refractivity contribution in [3.8, 4) is 0 Å². The fourth-order valence-electron chi connectivity index (χ4n) is 2.44. The van der Waals surface area contributed by atoms with Gasteiger partial charge in [0.2, 0.25) is 0 Å². The number of benzene rings is 1. The Hall–Kier alpha value is -1.91. The number of alkyl halides is 1. The first kappa shape index (κ1) is 11.2. The Bertz CT molecular complexity index is 574. The van der Waals surface area contributed by atoms with Gasteiger partial charge in [0, 0.05) is 18.2 Å². The molecule has 94 valence electrons. The molecule has 0 radical (unpaired) electrons. The standard InChI is InChI=1S/C13H15FN4/c1-18-8-16-17-12(18)11(14)13(5-6-13)9-3-2-4-10(15)7-9/h2-4,7-8,11H,5-6,15H2,1H3/t11-/m0/s1. The molecule has 0 spiro atoms. The lowest BCUT2D eigenvalue weighted by Crippen LogP contribution is -2.18. The Morgan fingerprint density at radius 2 is 2.22 bits per heavy atom. The van der Waals surface area contributed by atoms with Crippen molar-refractivity contribution in [3.05, 3.63) is 42.0 Å². The summed E-state index contributed by atoms with van der Waals surface area (Å²) in [5, 5.41) is 7.62. The summed E-state index contributed by atoms with van der Waals surface area (Å²) in [6.45, 7) is 0. The molecule has 1 aliphatic carbocycles. The van der Waals surface area contributed by atoms with E-state index in [4.69, 9.17) is 5.73 Å². The molecule has 0 saturated heterocycles. The number of hydrogen-bond acceptors (Lipinski definition) is 3. The van der Waals surface area contributed by atoms with Gasteiger partial charge in [0.15, 0.2) is 12.0 Å². The predicted molar refractivity (Wildman–Crippen MR) is 66.6 cm³/mol. The van der Waals surface area contributed by atoms with Crippen LogP contribution in [-0.4, -0.2) is 14.8 Å². The van der Waals surface area contributed by atoms with Gasteiger partial charge < -0.3 is 10.3 Å². The molecule has 1 aromatic carbocycles. The van der Waals surface area contributed by atoms with Crippen molar-refractivity contribution >= 4 is 5.69 Å². The molecule has 5 heteroatoms. The van der Waals surface area contributed by atoms with Gasteiger partial charge in [0.25, 0.3) is 0 Å². The monoisotopic (exact) mass is 246 g/mol. The van der Waals surface area contributed by atoms with E-state index in [0.29, 0.717) is 11.5 Å². The Balaban J connectivity index is 1.99. The maximum atomic E-state index is 14.7. The highest BCUT2D eigenvalue weighted by Gasteiger charge is 2.53. The van der Waals surface area contributed by atoms with E-state index in [9.17, 15) is 4.39 Å². The second-order valence-electron chi connectivity index (χ2n) is 4.94. The number of aryl methyl sites for hydroxylation is 1. The summed E-state index contributed by atoms with van der Waals surface area (Å²) in [6, 6.07) is 7.48. The second-order valence-corrected chi connectivity index (χ2v) is 4.94. The first-order valence-corrected chi connectivity index (χ1v) is 5.97. The third-order valence-corrected chi connectivity index (χ3v) is 3.71. The average molecular weight is 246 g/mol. The predicted octanol–water partition coefficient (Wildman–Crippen LogP) is 2.14. The summed E-state index contributed by atoms with van der Waals surface area (Å²) in [6.07, 6.45) is 2.04. The Morgan fingerprint density at radius 3 is 2.78 bits per heavy atom. The largest absolute Gasteiger partial charge is 0.399 e. The van der Waals surface area contributed by atoms with Gasteiger partial charge >= 0.3 is 0 Å². The van der Waals surface area contributed by atoms with E-state index in [1.54, 1.807) is 11.6 Å². The molecular formula is C13H15FN4. The molecule has 0 unspecified atom stereocenters. The van der Waals surface area contributed by atoms with E-state index in [1.807, 2.05) is 24.3 Å². The topological polar surface area (TPSA) is 56.7 Å². The molecule has 2 N–H and O–H groups in total. The quantitative estimate of drug-likeness (QED) is 0.844. The molecule has 1 aromatic heterocycles. The summed E-state index contributed by atoms with van der Waals surface area (Å²) >= 11 is 0. The summed E-state index contributed by atoms with van der Waals surface area (Å²) in [4.78, 5) is 0. The van der Waals surface area contributed by atoms with Gasteiger partial charge in [-0.2, -0.15) is 0 Å². The van der Waals surface area contributed by atoms with E-state index in [1.165, 1.54) is 6.33 Å². The number of hydrogen-bond donors (Lipinski definition) is 1. The zero-order chi connectivity index (χ0) is 12.8. The zero-order valence-corrected chi connectivity index (χ0v) is 10.2. The molecule has 0 aliphatic heterocycles. The first-order valence-electron chi connectivity index (χ1n) is 5.97. The molecule has 1 saturated carbocycles. The van der Waals surface area contributed by atoms with Crippen LogP contribution in [0.1, 0.15) is 30.4 Å². The van der Waals surface area contributed by atoms with Crippen LogP contribution in [0.5, 0.6) is 0 Å². The van der Waals surface area contributed by atoms with Gasteiger partial charge in [-0.15, -0.1) is 10.2 Å². The van der Waals surface area contributed by atoms with Crippen LogP contribution >= 0.6 is 0 Å². The van der Waals surface area contributed by atoms with Crippen LogP contribution in [-0.2, 0) is 12.5 Å². The van der Waals surface area contributed by atoms with Crippen molar-refractivity contribution < 1.29 is 4.39 Å². The van der Waals surface area contributed by atoms with Crippen LogP contribution in [0.4, 0.5) is 10.1 Å². The molecule has 0 bridgehead atoms. The normalized spacial score (nSPS) is 18.6. The highest BCUT2D eigenvalue weighted by atomic mass is 19.1. The SMILES string of the molecule is Cn1cnnc1[C@H](F)C1(c2cccc(N)c2)CC1. The molecule has 2 aromatic rings. The van der Waals surface area contributed by atoms with Crippen LogP contribution in [0, 0.1) is 0 Å². The van der Waals surface area contributed by atoms with Gasteiger partial charge in [0.1, 0.15) is 6.33 Å². The van der Waals surface area contributed by atoms with Crippen LogP contribution in [0.2, 0.25) is 0 Å². The van der Waals surface area contributed by atoms with Gasteiger partial charge in [-0.25, -0.2) is 4.39 Å². The zero-order valence-electron chi connectivity index (χ0n) is 10.2. The Kier molecular flexibility index (Phi) is 2.36. The minimum atomic E-state index is -1.13. The summed E-state index contributed by atoms with van der Waals surface area (Å²) < 4.78 is 16.4. The molecule has 1 heterocycles. The van der Waals surface area contributed by atoms with Crippen molar-refractivity contribution in [2.24, 2.45) is 7.05 Å². The molecule has 1 atom stereocenters. The van der Waals surface area contributed by atoms with E-state index < -0.39 is 11.6 Å². The highest BCUT2D eigenvalue weighted by molar-refractivity contribution is 5.46. The molecule has 0 amide bonds. The number of rotatable bonds is 3. The number of nitrogens with zero attached hydrogens (tertiary/aromatic N) is 3. The van der Waals surface area contributed by atoms with E-state index in [0.717, 1.165) is 18.4 Å². The van der Waals surface area contributed by atoms with Crippen molar-refractivity contribution in [2.75, 3.05) is 5.73 Å². The number of halogens is 1. The lowest BCUT2D eigenvalue weighted by atomic mass is 9.90. The molecule has 1 aliphatic rings. The van der Waals surface area contributed by atoms with Crippen molar-refractivity contribution in [3.63, 3.8) is 0 Å². The summed E-state index contributed by atoms with van der Waals surface area (Å²) in [7, 11) is 1.76. The lowest BCUT2D eigenvalue weighted by Gasteiger charge is -2.20. The summed E-state index contributed by atoms with van der Waals surface area (Å²) in [5.74, 6) is 0.384. The number of aromatic nitrogens is 3.